The van der Waals surface area contributed by atoms with E-state index < -0.39 is 11.5 Å². The highest BCUT2D eigenvalue weighted by Crippen LogP contribution is 2.41. The molecule has 0 radical (unpaired) electrons. The number of hydrogen-bond acceptors (Lipinski definition) is 6. The summed E-state index contributed by atoms with van der Waals surface area (Å²) in [6.07, 6.45) is 2.52. The summed E-state index contributed by atoms with van der Waals surface area (Å²) in [5.74, 6) is 0.520. The van der Waals surface area contributed by atoms with Crippen molar-refractivity contribution >= 4 is 35.5 Å². The lowest BCUT2D eigenvalue weighted by Crippen LogP contribution is -2.29. The molecule has 2 aliphatic heterocycles. The van der Waals surface area contributed by atoms with Crippen molar-refractivity contribution in [3.63, 3.8) is 0 Å². The van der Waals surface area contributed by atoms with Crippen LogP contribution in [0.25, 0.3) is 6.20 Å². The van der Waals surface area contributed by atoms with Crippen LogP contribution in [0.5, 0.6) is 0 Å². The van der Waals surface area contributed by atoms with Crippen LogP contribution in [0.2, 0.25) is 0 Å². The molecular weight excluding hydrogens is 404 g/mol. The van der Waals surface area contributed by atoms with Crippen molar-refractivity contribution < 1.29 is 13.6 Å². The normalized spacial score (nSPS) is 16.6. The quantitative estimate of drug-likeness (QED) is 0.672. The van der Waals surface area contributed by atoms with E-state index in [0.717, 1.165) is 5.57 Å². The fraction of sp³-hybridized carbons (Fsp3) is 0.238. The number of nitrogens with zero attached hydrogens (tertiary/aromatic N) is 5. The first-order chi connectivity index (χ1) is 14.8. The van der Waals surface area contributed by atoms with Crippen molar-refractivity contribution in [1.82, 2.24) is 19.5 Å². The van der Waals surface area contributed by atoms with Gasteiger partial charge in [0.1, 0.15) is 23.3 Å². The molecule has 0 fully saturated rings. The number of carbonyl (C=O) groups is 1. The number of fused-ring (bicyclic) bond motifs is 2. The van der Waals surface area contributed by atoms with Crippen LogP contribution in [0.3, 0.4) is 0 Å². The number of aromatic nitrogens is 4. The molecule has 0 bridgehead atoms. The number of nitrogens with one attached hydrogen (secondary N) is 1. The molecule has 0 spiro atoms. The first-order valence-corrected chi connectivity index (χ1v) is 9.68. The van der Waals surface area contributed by atoms with Crippen molar-refractivity contribution in [3.05, 3.63) is 59.1 Å². The molecular formula is C21H19F2N7O. The average molecular weight is 423 g/mol. The van der Waals surface area contributed by atoms with E-state index in [-0.39, 0.29) is 36.5 Å². The molecule has 5 rings (SSSR count). The van der Waals surface area contributed by atoms with E-state index >= 15 is 0 Å². The lowest BCUT2D eigenvalue weighted by molar-refractivity contribution is -0.119. The average Bonchev–Trinajstić information content (AvgIpc) is 3.20. The van der Waals surface area contributed by atoms with Gasteiger partial charge in [-0.25, -0.2) is 9.37 Å². The number of hydrogen-bond donors (Lipinski definition) is 2. The van der Waals surface area contributed by atoms with Gasteiger partial charge in [0.15, 0.2) is 0 Å². The van der Waals surface area contributed by atoms with Crippen molar-refractivity contribution in [2.75, 3.05) is 22.5 Å². The Morgan fingerprint density at radius 3 is 2.77 bits per heavy atom. The topological polar surface area (TPSA) is 102 Å². The Morgan fingerprint density at radius 2 is 2.00 bits per heavy atom. The number of halogens is 2. The lowest BCUT2D eigenvalue weighted by Gasteiger charge is -2.29. The van der Waals surface area contributed by atoms with E-state index in [1.54, 1.807) is 43.1 Å². The molecule has 10 heteroatoms. The van der Waals surface area contributed by atoms with Crippen molar-refractivity contribution in [2.45, 2.75) is 25.7 Å². The molecule has 2 aromatic heterocycles. The number of imidazole rings is 1. The van der Waals surface area contributed by atoms with Crippen LogP contribution in [0.1, 0.15) is 25.0 Å². The maximum Gasteiger partial charge on any atom is 0.294 e. The predicted molar refractivity (Wildman–Crippen MR) is 112 cm³/mol. The molecule has 2 aliphatic rings. The number of benzene rings is 1. The summed E-state index contributed by atoms with van der Waals surface area (Å²) in [5, 5.41) is 2.74. The smallest absolute Gasteiger partial charge is 0.294 e. The van der Waals surface area contributed by atoms with Crippen LogP contribution in [0.15, 0.2) is 36.0 Å². The zero-order valence-electron chi connectivity index (χ0n) is 16.9. The highest BCUT2D eigenvalue weighted by atomic mass is 19.1. The third-order valence-electron chi connectivity index (χ3n) is 5.65. The van der Waals surface area contributed by atoms with E-state index in [9.17, 15) is 13.6 Å². The fourth-order valence-electron chi connectivity index (χ4n) is 3.99. The molecule has 158 valence electrons. The lowest BCUT2D eigenvalue weighted by atomic mass is 9.87. The summed E-state index contributed by atoms with van der Waals surface area (Å²) in [5.41, 5.74) is 7.07. The second-order valence-electron chi connectivity index (χ2n) is 8.11. The van der Waals surface area contributed by atoms with Crippen molar-refractivity contribution in [1.29, 1.82) is 0 Å². The minimum absolute atomic E-state index is 0.167. The molecule has 0 unspecified atom stereocenters. The number of amides is 1. The van der Waals surface area contributed by atoms with Gasteiger partial charge in [0, 0.05) is 6.20 Å². The number of nitrogens with two attached hydrogens (primary N) is 1. The largest absolute Gasteiger partial charge is 0.383 e. The molecule has 0 saturated carbocycles. The summed E-state index contributed by atoms with van der Waals surface area (Å²) in [6, 6.07) is 6.43. The maximum absolute atomic E-state index is 14.3. The van der Waals surface area contributed by atoms with E-state index in [1.807, 2.05) is 0 Å². The molecule has 0 saturated heterocycles. The van der Waals surface area contributed by atoms with Gasteiger partial charge in [0.2, 0.25) is 11.9 Å². The van der Waals surface area contributed by atoms with Crippen LogP contribution < -0.4 is 16.0 Å². The maximum atomic E-state index is 14.3. The van der Waals surface area contributed by atoms with Gasteiger partial charge in [0.25, 0.3) is 6.08 Å². The number of nitrogen functional groups attached to an aromatic ring is 1. The van der Waals surface area contributed by atoms with Crippen molar-refractivity contribution in [2.24, 2.45) is 0 Å². The predicted octanol–water partition coefficient (Wildman–Crippen LogP) is 3.00. The molecule has 3 N–H and O–H groups in total. The van der Waals surface area contributed by atoms with Gasteiger partial charge >= 0.3 is 0 Å². The zero-order valence-corrected chi connectivity index (χ0v) is 16.9. The summed E-state index contributed by atoms with van der Waals surface area (Å²) < 4.78 is 29.8. The molecule has 0 aliphatic carbocycles. The molecule has 3 aromatic rings. The van der Waals surface area contributed by atoms with E-state index in [4.69, 9.17) is 5.73 Å². The Labute approximate surface area is 176 Å². The summed E-state index contributed by atoms with van der Waals surface area (Å²) in [4.78, 5) is 26.6. The molecule has 1 aromatic carbocycles. The molecule has 31 heavy (non-hydrogen) atoms. The van der Waals surface area contributed by atoms with E-state index in [0.29, 0.717) is 22.8 Å². The second-order valence-corrected chi connectivity index (χ2v) is 8.11. The molecule has 0 atom stereocenters. The second kappa shape index (κ2) is 6.59. The summed E-state index contributed by atoms with van der Waals surface area (Å²) in [7, 11) is 0. The fourth-order valence-corrected chi connectivity index (χ4v) is 3.99. The standard InChI is InChI=1S/C21H19F2N7O/c1-21(2)15-16(24)26-20(28-17(15)27-18(21)31)30-10-11(7-12-5-3-4-6-13(12)22)9-29-14(30)8-25-19(29)23/h3-6,8-9H,7,10H2,1-2H3,(H3,24,26,27,28,31). The zero-order chi connectivity index (χ0) is 21.9. The third-order valence-corrected chi connectivity index (χ3v) is 5.65. The minimum atomic E-state index is -0.858. The molecule has 4 heterocycles. The van der Waals surface area contributed by atoms with Gasteiger partial charge < -0.3 is 11.1 Å². The first-order valence-electron chi connectivity index (χ1n) is 9.68. The van der Waals surface area contributed by atoms with Gasteiger partial charge in [0.05, 0.1) is 23.7 Å². The SMILES string of the molecule is CC1(C)C(=O)Nc2nc(N3CC(Cc4ccccc4F)=Cn4c3cnc4F)nc(N)c21. The highest BCUT2D eigenvalue weighted by molar-refractivity contribution is 6.06. The van der Waals surface area contributed by atoms with Crippen LogP contribution in [0, 0.1) is 11.9 Å². The minimum Gasteiger partial charge on any atom is -0.383 e. The molecule has 1 amide bonds. The Hall–Kier alpha value is -3.82. The first kappa shape index (κ1) is 19.2. The Morgan fingerprint density at radius 1 is 1.23 bits per heavy atom. The van der Waals surface area contributed by atoms with Gasteiger partial charge in [-0.05, 0) is 37.5 Å². The summed E-state index contributed by atoms with van der Waals surface area (Å²) in [6.45, 7) is 3.76. The van der Waals surface area contributed by atoms with Crippen molar-refractivity contribution in [3.8, 4) is 0 Å². The van der Waals surface area contributed by atoms with E-state index in [1.165, 1.54) is 16.8 Å². The van der Waals surface area contributed by atoms with Crippen LogP contribution in [-0.4, -0.2) is 32.0 Å². The molecule has 8 nitrogen and oxygen atoms in total. The third kappa shape index (κ3) is 2.94. The van der Waals surface area contributed by atoms with Gasteiger partial charge in [-0.15, -0.1) is 0 Å². The number of anilines is 4. The van der Waals surface area contributed by atoms with Gasteiger partial charge in [-0.3, -0.25) is 14.3 Å². The van der Waals surface area contributed by atoms with Crippen LogP contribution in [0.4, 0.5) is 32.2 Å². The number of carbonyl (C=O) groups excluding carboxylic acids is 1. The number of rotatable bonds is 3. The summed E-state index contributed by atoms with van der Waals surface area (Å²) >= 11 is 0. The van der Waals surface area contributed by atoms with E-state index in [2.05, 4.69) is 20.3 Å². The Balaban J connectivity index is 1.57. The van der Waals surface area contributed by atoms with Gasteiger partial charge in [-0.2, -0.15) is 14.4 Å². The Bertz CT molecular complexity index is 1260. The van der Waals surface area contributed by atoms with Gasteiger partial charge in [-0.1, -0.05) is 18.2 Å². The Kier molecular flexibility index (Phi) is 4.07. The highest BCUT2D eigenvalue weighted by Gasteiger charge is 2.42. The van der Waals surface area contributed by atoms with Crippen LogP contribution in [-0.2, 0) is 16.6 Å². The van der Waals surface area contributed by atoms with Crippen LogP contribution >= 0.6 is 0 Å². The monoisotopic (exact) mass is 423 g/mol.